The highest BCUT2D eigenvalue weighted by Crippen LogP contribution is 2.32. The van der Waals surface area contributed by atoms with E-state index in [2.05, 4.69) is 0 Å². The van der Waals surface area contributed by atoms with Crippen LogP contribution in [0.3, 0.4) is 0 Å². The summed E-state index contributed by atoms with van der Waals surface area (Å²) in [5.74, 6) is -2.76. The van der Waals surface area contributed by atoms with E-state index in [0.29, 0.717) is 0 Å². The maximum atomic E-state index is 11.4. The molecule has 0 aromatic rings. The van der Waals surface area contributed by atoms with Crippen molar-refractivity contribution in [3.8, 4) is 0 Å². The van der Waals surface area contributed by atoms with Gasteiger partial charge in [0.25, 0.3) is 0 Å². The molecule has 0 aromatic heterocycles. The Morgan fingerprint density at radius 2 is 0.767 bits per heavy atom. The number of carboxylic acids is 1. The fourth-order valence-corrected chi connectivity index (χ4v) is 1.76. The van der Waals surface area contributed by atoms with Crippen LogP contribution in [0.5, 0.6) is 0 Å². The third-order valence-electron chi connectivity index (χ3n) is 1.28. The Labute approximate surface area is 156 Å². The molecule has 10 nitrogen and oxygen atoms in total. The number of carboxylic acid groups (broad SMARTS) is 1. The van der Waals surface area contributed by atoms with Crippen LogP contribution >= 0.6 is 0 Å². The Morgan fingerprint density at radius 3 is 0.833 bits per heavy atom. The molecule has 0 radical (unpaired) electrons. The lowest BCUT2D eigenvalue weighted by Crippen LogP contribution is -2.34. The molecule has 184 valence electrons. The van der Waals surface area contributed by atoms with Gasteiger partial charge in [-0.2, -0.15) is 77.9 Å². The van der Waals surface area contributed by atoms with Crippen molar-refractivity contribution >= 4 is 36.3 Å². The molecule has 0 saturated carbocycles. The van der Waals surface area contributed by atoms with E-state index in [1.165, 1.54) is 0 Å². The number of carbonyl (C=O) groups is 1. The summed E-state index contributed by atoms with van der Waals surface area (Å²) in [6, 6.07) is 0. The fourth-order valence-electron chi connectivity index (χ4n) is 0.195. The molecule has 30 heavy (non-hydrogen) atoms. The summed E-state index contributed by atoms with van der Waals surface area (Å²) in [6.45, 7) is 0. The molecule has 0 aliphatic heterocycles. The highest BCUT2D eigenvalue weighted by molar-refractivity contribution is 8.00. The zero-order chi connectivity index (χ0) is 25.8. The molecule has 0 aromatic carbocycles. The summed E-state index contributed by atoms with van der Waals surface area (Å²) in [4.78, 5) is 8.90. The third kappa shape index (κ3) is 12.2. The van der Waals surface area contributed by atoms with E-state index < -0.39 is 59.0 Å². The zero-order valence-corrected chi connectivity index (χ0v) is 14.9. The molecule has 0 fully saturated rings. The predicted octanol–water partition coefficient (Wildman–Crippen LogP) is 1.73. The third-order valence-corrected chi connectivity index (χ3v) is 4.43. The lowest BCUT2D eigenvalue weighted by atomic mass is 10.7. The zero-order valence-electron chi connectivity index (χ0n) is 12.4. The van der Waals surface area contributed by atoms with Gasteiger partial charge in [-0.3, -0.25) is 4.55 Å². The van der Waals surface area contributed by atoms with Gasteiger partial charge in [-0.05, 0) is 0 Å². The normalized spacial score (nSPS) is 14.0. The lowest BCUT2D eigenvalue weighted by Gasteiger charge is -2.09. The maximum absolute atomic E-state index is 11.4. The minimum Gasteiger partial charge on any atom is -0.475 e. The van der Waals surface area contributed by atoms with Gasteiger partial charge < -0.3 is 5.11 Å². The first-order chi connectivity index (χ1) is 12.4. The molecular weight excluding hydrogens is 544 g/mol. The molecule has 0 spiro atoms. The van der Waals surface area contributed by atoms with Crippen molar-refractivity contribution in [3.63, 3.8) is 0 Å². The molecule has 0 amide bonds. The van der Waals surface area contributed by atoms with Gasteiger partial charge in [0.1, 0.15) is 0 Å². The summed E-state index contributed by atoms with van der Waals surface area (Å²) in [5, 5.41) is 7.12. The van der Waals surface area contributed by atoms with Crippen molar-refractivity contribution in [3.05, 3.63) is 0 Å². The molecule has 0 aliphatic carbocycles. The van der Waals surface area contributed by atoms with Gasteiger partial charge in [-0.15, -0.1) is 3.63 Å². The quantitative estimate of drug-likeness (QED) is 0.296. The van der Waals surface area contributed by atoms with Crippen LogP contribution in [0.25, 0.3) is 0 Å². The van der Waals surface area contributed by atoms with Crippen molar-refractivity contribution in [1.29, 1.82) is 0 Å². The molecule has 25 heteroatoms. The van der Waals surface area contributed by atoms with Crippen molar-refractivity contribution in [1.82, 2.24) is 0 Å². The monoisotopic (exact) mass is 546 g/mol. The Hall–Kier alpha value is -1.60. The van der Waals surface area contributed by atoms with Gasteiger partial charge in [0.15, 0.2) is 0 Å². The highest BCUT2D eigenvalue weighted by atomic mass is 32.3. The lowest BCUT2D eigenvalue weighted by molar-refractivity contribution is -0.192. The average molecular weight is 546 g/mol. The number of halogens is 12. The largest absolute Gasteiger partial charge is 0.524 e. The fraction of sp³-hybridized carbons (Fsp3) is 0.800. The number of rotatable bonds is 2. The van der Waals surface area contributed by atoms with Gasteiger partial charge in [-0.1, -0.05) is 0 Å². The van der Waals surface area contributed by atoms with E-state index >= 15 is 0 Å². The van der Waals surface area contributed by atoms with Crippen LogP contribution in [-0.4, -0.2) is 63.6 Å². The first kappa shape index (κ1) is 33.0. The molecule has 0 heterocycles. The van der Waals surface area contributed by atoms with Crippen LogP contribution in [0.4, 0.5) is 52.7 Å². The molecule has 0 rings (SSSR count). The van der Waals surface area contributed by atoms with E-state index in [1.54, 1.807) is 0 Å². The summed E-state index contributed by atoms with van der Waals surface area (Å²) in [7, 11) is -19.5. The van der Waals surface area contributed by atoms with Gasteiger partial charge in [-0.25, -0.2) is 4.79 Å². The Kier molecular flexibility index (Phi) is 10.7. The van der Waals surface area contributed by atoms with Crippen LogP contribution in [0, 0.1) is 0 Å². The summed E-state index contributed by atoms with van der Waals surface area (Å²) >= 11 is 0. The number of aliphatic carboxylic acids is 1. The maximum Gasteiger partial charge on any atom is 0.524 e. The molecule has 0 saturated heterocycles. The molecular formula is C5H2F12O10S3. The molecule has 0 atom stereocenters. The second-order valence-corrected chi connectivity index (χ2v) is 8.29. The predicted molar refractivity (Wildman–Crippen MR) is 62.3 cm³/mol. The van der Waals surface area contributed by atoms with E-state index in [4.69, 9.17) is 22.9 Å². The topological polar surface area (TPSA) is 169 Å². The van der Waals surface area contributed by atoms with Crippen molar-refractivity contribution < 1.29 is 96.0 Å². The van der Waals surface area contributed by atoms with E-state index in [1.807, 2.05) is 3.63 Å². The van der Waals surface area contributed by atoms with Gasteiger partial charge in [0.2, 0.25) is 0 Å². The number of hydrogen-bond acceptors (Lipinski definition) is 8. The SMILES string of the molecule is O=C(O)C(F)(F)F.O=S(=O)(O)C(F)(F)F.O=S(=O)(OS(=O)(=O)C(F)(F)F)C(F)(F)F. The Balaban J connectivity index is -0.000000408. The van der Waals surface area contributed by atoms with Crippen molar-refractivity contribution in [2.45, 2.75) is 22.7 Å². The Morgan fingerprint density at radius 1 is 0.600 bits per heavy atom. The van der Waals surface area contributed by atoms with E-state index in [9.17, 15) is 69.5 Å². The number of hydrogen-bond donors (Lipinski definition) is 2. The highest BCUT2D eigenvalue weighted by Gasteiger charge is 2.57. The van der Waals surface area contributed by atoms with Gasteiger partial charge in [0.05, 0.1) is 0 Å². The van der Waals surface area contributed by atoms with Crippen LogP contribution in [-0.2, 0) is 38.8 Å². The first-order valence-electron chi connectivity index (χ1n) is 5.07. The molecule has 2 N–H and O–H groups in total. The average Bonchev–Trinajstić information content (AvgIpc) is 2.31. The second kappa shape index (κ2) is 9.69. The minimum atomic E-state index is -6.85. The van der Waals surface area contributed by atoms with Crippen LogP contribution in [0.1, 0.15) is 0 Å². The number of alkyl halides is 12. The van der Waals surface area contributed by atoms with E-state index in [-0.39, 0.29) is 0 Å². The summed E-state index contributed by atoms with van der Waals surface area (Å²) < 4.78 is 199. The Bertz CT molecular complexity index is 842. The first-order valence-corrected chi connectivity index (χ1v) is 9.33. The molecule has 0 unspecified atom stereocenters. The second-order valence-electron chi connectivity index (χ2n) is 3.59. The summed E-state index contributed by atoms with van der Waals surface area (Å²) in [6.07, 6.45) is -5.08. The molecule has 0 aliphatic rings. The smallest absolute Gasteiger partial charge is 0.475 e. The summed E-state index contributed by atoms with van der Waals surface area (Å²) in [5.41, 5.74) is -18.1. The van der Waals surface area contributed by atoms with Gasteiger partial charge >= 0.3 is 59.0 Å². The van der Waals surface area contributed by atoms with E-state index in [0.717, 1.165) is 0 Å². The van der Waals surface area contributed by atoms with Crippen LogP contribution in [0.15, 0.2) is 0 Å². The van der Waals surface area contributed by atoms with Crippen LogP contribution < -0.4 is 0 Å². The van der Waals surface area contributed by atoms with Gasteiger partial charge in [0, 0.05) is 0 Å². The van der Waals surface area contributed by atoms with Crippen molar-refractivity contribution in [2.24, 2.45) is 0 Å². The van der Waals surface area contributed by atoms with Crippen molar-refractivity contribution in [2.75, 3.05) is 0 Å². The van der Waals surface area contributed by atoms with Crippen LogP contribution in [0.2, 0.25) is 0 Å². The molecule has 0 bridgehead atoms. The standard InChI is InChI=1S/C2F6O5S2.C2HF3O2.CHF3O3S/c3-1(4,5)14(9,10)13-15(11,12)2(6,7)8;3-2(4,5)1(6)7;2-1(3,4)8(5,6)7/h;(H,6,7);(H,5,6,7). The minimum absolute atomic E-state index is 2.05.